The van der Waals surface area contributed by atoms with Gasteiger partial charge in [-0.3, -0.25) is 5.41 Å². The monoisotopic (exact) mass is 253 g/mol. The Morgan fingerprint density at radius 2 is 2.24 bits per heavy atom. The molecule has 4 heteroatoms. The first kappa shape index (κ1) is 14.2. The average Bonchev–Trinajstić information content (AvgIpc) is 2.74. The van der Waals surface area contributed by atoms with Crippen molar-refractivity contribution in [3.05, 3.63) is 22.4 Å². The van der Waals surface area contributed by atoms with Crippen LogP contribution in [0.25, 0.3) is 0 Å². The van der Waals surface area contributed by atoms with Gasteiger partial charge in [-0.25, -0.2) is 0 Å². The van der Waals surface area contributed by atoms with Crippen LogP contribution in [0.2, 0.25) is 0 Å². The second-order valence-electron chi connectivity index (χ2n) is 4.85. The number of nitrogens with two attached hydrogens (primary N) is 1. The van der Waals surface area contributed by atoms with Crippen LogP contribution in [0, 0.1) is 11.3 Å². The van der Waals surface area contributed by atoms with Crippen molar-refractivity contribution in [2.45, 2.75) is 26.7 Å². The third-order valence-corrected chi connectivity index (χ3v) is 3.35. The van der Waals surface area contributed by atoms with Crippen molar-refractivity contribution in [2.24, 2.45) is 11.7 Å². The lowest BCUT2D eigenvalue weighted by molar-refractivity contribution is 0.253. The van der Waals surface area contributed by atoms with Crippen molar-refractivity contribution < 1.29 is 0 Å². The summed E-state index contributed by atoms with van der Waals surface area (Å²) in [7, 11) is 0. The summed E-state index contributed by atoms with van der Waals surface area (Å²) in [5.41, 5.74) is 6.83. The van der Waals surface area contributed by atoms with Crippen LogP contribution in [0.15, 0.2) is 16.8 Å². The molecule has 0 aliphatic rings. The second kappa shape index (κ2) is 7.45. The van der Waals surface area contributed by atoms with Crippen molar-refractivity contribution in [1.82, 2.24) is 4.90 Å². The van der Waals surface area contributed by atoms with Crippen LogP contribution < -0.4 is 5.73 Å². The highest BCUT2D eigenvalue weighted by molar-refractivity contribution is 7.07. The van der Waals surface area contributed by atoms with Crippen LogP contribution in [0.1, 0.15) is 25.8 Å². The van der Waals surface area contributed by atoms with Crippen LogP contribution >= 0.6 is 11.3 Å². The maximum Gasteiger partial charge on any atom is 0.0918 e. The minimum atomic E-state index is 0.286. The fourth-order valence-electron chi connectivity index (χ4n) is 1.81. The Labute approximate surface area is 108 Å². The molecule has 0 unspecified atom stereocenters. The third kappa shape index (κ3) is 6.44. The number of nitrogens with zero attached hydrogens (tertiary/aromatic N) is 1. The highest BCUT2D eigenvalue weighted by Gasteiger charge is 2.08. The molecule has 0 aliphatic heterocycles. The zero-order chi connectivity index (χ0) is 12.7. The van der Waals surface area contributed by atoms with Gasteiger partial charge < -0.3 is 10.6 Å². The number of nitrogens with one attached hydrogen (secondary N) is 1. The first-order chi connectivity index (χ1) is 8.08. The lowest BCUT2D eigenvalue weighted by Crippen LogP contribution is -2.33. The lowest BCUT2D eigenvalue weighted by atomic mass is 10.1. The zero-order valence-electron chi connectivity index (χ0n) is 10.8. The molecular weight excluding hydrogens is 230 g/mol. The van der Waals surface area contributed by atoms with Crippen LogP contribution in [0.3, 0.4) is 0 Å². The predicted octanol–water partition coefficient (Wildman–Crippen LogP) is 2.57. The van der Waals surface area contributed by atoms with Crippen molar-refractivity contribution in [2.75, 3.05) is 19.6 Å². The first-order valence-corrected chi connectivity index (χ1v) is 7.08. The van der Waals surface area contributed by atoms with Crippen molar-refractivity contribution in [3.8, 4) is 0 Å². The summed E-state index contributed by atoms with van der Waals surface area (Å²) >= 11 is 1.75. The zero-order valence-corrected chi connectivity index (χ0v) is 11.6. The van der Waals surface area contributed by atoms with Gasteiger partial charge in [0.25, 0.3) is 0 Å². The van der Waals surface area contributed by atoms with Gasteiger partial charge in [0, 0.05) is 26.1 Å². The van der Waals surface area contributed by atoms with E-state index >= 15 is 0 Å². The Morgan fingerprint density at radius 3 is 2.76 bits per heavy atom. The Hall–Kier alpha value is -0.870. The number of hydrogen-bond donors (Lipinski definition) is 2. The molecule has 0 radical (unpaired) electrons. The van der Waals surface area contributed by atoms with E-state index in [0.29, 0.717) is 12.3 Å². The van der Waals surface area contributed by atoms with E-state index < -0.39 is 0 Å². The van der Waals surface area contributed by atoms with E-state index in [-0.39, 0.29) is 5.84 Å². The largest absolute Gasteiger partial charge is 0.388 e. The summed E-state index contributed by atoms with van der Waals surface area (Å²) in [4.78, 5) is 2.41. The Morgan fingerprint density at radius 1 is 1.47 bits per heavy atom. The van der Waals surface area contributed by atoms with Crippen molar-refractivity contribution in [3.63, 3.8) is 0 Å². The molecule has 0 spiro atoms. The fourth-order valence-corrected chi connectivity index (χ4v) is 2.51. The van der Waals surface area contributed by atoms with Crippen LogP contribution in [-0.4, -0.2) is 30.4 Å². The topological polar surface area (TPSA) is 53.1 Å². The number of rotatable bonds is 8. The maximum absolute atomic E-state index is 7.29. The fraction of sp³-hybridized carbons (Fsp3) is 0.615. The van der Waals surface area contributed by atoms with Crippen LogP contribution in [-0.2, 0) is 6.42 Å². The third-order valence-electron chi connectivity index (χ3n) is 2.62. The van der Waals surface area contributed by atoms with E-state index in [0.717, 1.165) is 26.1 Å². The minimum Gasteiger partial charge on any atom is -0.388 e. The molecule has 1 aromatic rings. The molecule has 0 bridgehead atoms. The lowest BCUT2D eigenvalue weighted by Gasteiger charge is -2.23. The number of hydrogen-bond acceptors (Lipinski definition) is 3. The molecular formula is C13H23N3S. The minimum absolute atomic E-state index is 0.286. The van der Waals surface area contributed by atoms with Crippen molar-refractivity contribution in [1.29, 1.82) is 5.41 Å². The average molecular weight is 253 g/mol. The van der Waals surface area contributed by atoms with Gasteiger partial charge in [-0.2, -0.15) is 11.3 Å². The highest BCUT2D eigenvalue weighted by atomic mass is 32.1. The molecule has 1 heterocycles. The summed E-state index contributed by atoms with van der Waals surface area (Å²) < 4.78 is 0. The Balaban J connectivity index is 2.36. The van der Waals surface area contributed by atoms with Gasteiger partial charge >= 0.3 is 0 Å². The normalized spacial score (nSPS) is 11.3. The summed E-state index contributed by atoms with van der Waals surface area (Å²) in [6.45, 7) is 7.49. The van der Waals surface area contributed by atoms with Crippen LogP contribution in [0.5, 0.6) is 0 Å². The molecule has 1 rings (SSSR count). The van der Waals surface area contributed by atoms with Gasteiger partial charge in [-0.15, -0.1) is 0 Å². The molecule has 17 heavy (non-hydrogen) atoms. The molecule has 3 N–H and O–H groups in total. The molecule has 1 aromatic heterocycles. The van der Waals surface area contributed by atoms with Gasteiger partial charge in [-0.05, 0) is 34.7 Å². The molecule has 0 fully saturated rings. The van der Waals surface area contributed by atoms with E-state index in [1.807, 2.05) is 0 Å². The Kier molecular flexibility index (Phi) is 6.22. The van der Waals surface area contributed by atoms with Crippen molar-refractivity contribution >= 4 is 17.2 Å². The smallest absolute Gasteiger partial charge is 0.0918 e. The first-order valence-electron chi connectivity index (χ1n) is 6.14. The molecule has 0 saturated heterocycles. The molecule has 0 aromatic carbocycles. The van der Waals surface area contributed by atoms with E-state index in [9.17, 15) is 0 Å². The Bertz CT molecular complexity index is 319. The SMILES string of the molecule is CC(C)CN(CCC(=N)N)CCc1ccsc1. The number of thiophene rings is 1. The molecule has 0 saturated carbocycles. The second-order valence-corrected chi connectivity index (χ2v) is 5.63. The van der Waals surface area contributed by atoms with Gasteiger partial charge in [0.05, 0.1) is 5.84 Å². The predicted molar refractivity (Wildman–Crippen MR) is 75.8 cm³/mol. The molecule has 0 aliphatic carbocycles. The summed E-state index contributed by atoms with van der Waals surface area (Å²) in [5, 5.41) is 11.6. The molecule has 0 amide bonds. The molecule has 96 valence electrons. The van der Waals surface area contributed by atoms with Gasteiger partial charge in [0.1, 0.15) is 0 Å². The van der Waals surface area contributed by atoms with E-state index in [1.54, 1.807) is 11.3 Å². The molecule has 0 atom stereocenters. The number of amidine groups is 1. The summed E-state index contributed by atoms with van der Waals surface area (Å²) in [6.07, 6.45) is 1.77. The summed E-state index contributed by atoms with van der Waals surface area (Å²) in [6, 6.07) is 2.18. The van der Waals surface area contributed by atoms with E-state index in [4.69, 9.17) is 11.1 Å². The van der Waals surface area contributed by atoms with Gasteiger partial charge in [0.2, 0.25) is 0 Å². The van der Waals surface area contributed by atoms with E-state index in [1.165, 1.54) is 5.56 Å². The quantitative estimate of drug-likeness (QED) is 0.552. The van der Waals surface area contributed by atoms with E-state index in [2.05, 4.69) is 35.6 Å². The highest BCUT2D eigenvalue weighted by Crippen LogP contribution is 2.08. The van der Waals surface area contributed by atoms with Gasteiger partial charge in [-0.1, -0.05) is 13.8 Å². The molecule has 3 nitrogen and oxygen atoms in total. The summed E-state index contributed by atoms with van der Waals surface area (Å²) in [5.74, 6) is 0.943. The maximum atomic E-state index is 7.29. The van der Waals surface area contributed by atoms with Crippen LogP contribution in [0.4, 0.5) is 0 Å². The van der Waals surface area contributed by atoms with Gasteiger partial charge in [0.15, 0.2) is 0 Å². The standard InChI is InChI=1S/C13H23N3S/c1-11(2)9-16(7-4-13(14)15)6-3-12-5-8-17-10-12/h5,8,10-11H,3-4,6-7,9H2,1-2H3,(H3,14,15).